The van der Waals surface area contributed by atoms with Gasteiger partial charge in [0, 0.05) is 55.1 Å². The van der Waals surface area contributed by atoms with Crippen molar-refractivity contribution in [3.8, 4) is 0 Å². The second-order valence-electron chi connectivity index (χ2n) is 6.16. The van der Waals surface area contributed by atoms with E-state index in [0.29, 0.717) is 23.3 Å². The van der Waals surface area contributed by atoms with E-state index in [-0.39, 0.29) is 32.7 Å². The second kappa shape index (κ2) is 11.0. The summed E-state index contributed by atoms with van der Waals surface area (Å²) in [4.78, 5) is 2.83. The number of benzene rings is 1. The average molecular weight is 532 g/mol. The van der Waals surface area contributed by atoms with Crippen LogP contribution in [0.2, 0.25) is 5.02 Å². The molecule has 1 fully saturated rings. The minimum absolute atomic E-state index is 0. The summed E-state index contributed by atoms with van der Waals surface area (Å²) in [6, 6.07) is 12.1. The zero-order chi connectivity index (χ0) is 16.9. The zero-order valence-electron chi connectivity index (χ0n) is 13.8. The number of hydrogen-bond acceptors (Lipinski definition) is 3. The first-order valence-electron chi connectivity index (χ1n) is 8.07. The number of ether oxygens (including phenoxy) is 1. The molecule has 0 spiro atoms. The molecular weight excluding hydrogens is 513 g/mol. The first kappa shape index (κ1) is 22.1. The Hall–Kier alpha value is 0.844. The van der Waals surface area contributed by atoms with Crippen molar-refractivity contribution in [1.29, 1.82) is 0 Å². The number of halogens is 2. The number of thiophene rings is 1. The van der Waals surface area contributed by atoms with E-state index in [1.165, 1.54) is 15.3 Å². The maximum atomic E-state index is 5.96. The number of alkyl halides is 1. The van der Waals surface area contributed by atoms with Crippen LogP contribution in [0.4, 0.5) is 0 Å². The monoisotopic (exact) mass is 530 g/mol. The Balaban J connectivity index is 0.00000225. The quantitative estimate of drug-likeness (QED) is 0.242. The molecule has 0 bridgehead atoms. The molecule has 1 aliphatic rings. The van der Waals surface area contributed by atoms with E-state index >= 15 is 0 Å². The van der Waals surface area contributed by atoms with Gasteiger partial charge in [-0.15, -0.1) is 10.3 Å². The van der Waals surface area contributed by atoms with Gasteiger partial charge in [0.05, 0.1) is 6.61 Å². The van der Waals surface area contributed by atoms with Crippen molar-refractivity contribution < 1.29 is 37.4 Å². The molecule has 0 aliphatic heterocycles. The molecule has 3 atom stereocenters. The summed E-state index contributed by atoms with van der Waals surface area (Å²) >= 11 is 17.0. The van der Waals surface area contributed by atoms with Gasteiger partial charge in [0.2, 0.25) is 0 Å². The van der Waals surface area contributed by atoms with Gasteiger partial charge in [0.1, 0.15) is 0 Å². The fourth-order valence-corrected chi connectivity index (χ4v) is 5.45. The van der Waals surface area contributed by atoms with E-state index in [0.717, 1.165) is 30.9 Å². The first-order valence-corrected chi connectivity index (χ1v) is 10.6. The Bertz CT molecular complexity index is 663. The fraction of sp³-hybridized carbons (Fsp3) is 0.421. The Morgan fingerprint density at radius 1 is 1.28 bits per heavy atom. The molecule has 2 aromatic rings. The SMILES string of the molecule is S=C1CC(Br)[C@H](COCc2cc[c-]s2)[C@H]1CCc1ccc(Cl)cc1.[Y]. The van der Waals surface area contributed by atoms with Gasteiger partial charge in [0.15, 0.2) is 0 Å². The zero-order valence-corrected chi connectivity index (χ0v) is 20.6. The van der Waals surface area contributed by atoms with E-state index in [1.807, 2.05) is 18.2 Å². The summed E-state index contributed by atoms with van der Waals surface area (Å²) in [5, 5.41) is 3.88. The molecule has 0 N–H and O–H groups in total. The van der Waals surface area contributed by atoms with E-state index < -0.39 is 0 Å². The van der Waals surface area contributed by atoms with Crippen molar-refractivity contribution >= 4 is 56.0 Å². The molecule has 6 heteroatoms. The van der Waals surface area contributed by atoms with Crippen LogP contribution in [0.5, 0.6) is 0 Å². The predicted molar refractivity (Wildman–Crippen MR) is 109 cm³/mol. The largest absolute Gasteiger partial charge is 0.389 e. The van der Waals surface area contributed by atoms with Crippen LogP contribution in [-0.4, -0.2) is 16.3 Å². The molecule has 1 heterocycles. The van der Waals surface area contributed by atoms with Crippen molar-refractivity contribution in [1.82, 2.24) is 0 Å². The Kier molecular flexibility index (Phi) is 9.73. The number of thiocarbonyl (C=S) groups is 1. The maximum absolute atomic E-state index is 5.96. The standard InChI is InChI=1S/C19H19BrClOS2.Y/c20-18-10-19(23)16(8-5-13-3-6-14(21)7-4-13)17(18)12-22-11-15-2-1-9-24-15;/h1-4,6-7,16-18H,5,8,10-12H2;/q-1;/t16-,17-,18?;/m1./s1. The van der Waals surface area contributed by atoms with Crippen LogP contribution in [0, 0.1) is 17.2 Å². The minimum atomic E-state index is 0. The summed E-state index contributed by atoms with van der Waals surface area (Å²) in [5.74, 6) is 0.892. The third kappa shape index (κ3) is 6.45. The Morgan fingerprint density at radius 2 is 2.04 bits per heavy atom. The Morgan fingerprint density at radius 3 is 2.72 bits per heavy atom. The van der Waals surface area contributed by atoms with Crippen LogP contribution in [0.1, 0.15) is 23.3 Å². The Labute approximate surface area is 197 Å². The molecular formula is C19H19BrClOS2Y-. The van der Waals surface area contributed by atoms with Gasteiger partial charge in [-0.2, -0.15) is 12.1 Å². The summed E-state index contributed by atoms with van der Waals surface area (Å²) in [5.41, 5.74) is 1.31. The summed E-state index contributed by atoms with van der Waals surface area (Å²) < 4.78 is 5.96. The first-order chi connectivity index (χ1) is 11.6. The normalized spacial score (nSPS) is 22.8. The van der Waals surface area contributed by atoms with Crippen LogP contribution in [-0.2, 0) is 50.5 Å². The molecule has 3 rings (SSSR count). The van der Waals surface area contributed by atoms with Crippen molar-refractivity contribution in [2.24, 2.45) is 11.8 Å². The van der Waals surface area contributed by atoms with Crippen molar-refractivity contribution in [3.05, 3.63) is 57.2 Å². The number of rotatable bonds is 7. The number of aryl methyl sites for hydroxylation is 1. The molecule has 1 aromatic heterocycles. The second-order valence-corrected chi connectivity index (χ2v) is 9.26. The smallest absolute Gasteiger partial charge is 0.0501 e. The van der Waals surface area contributed by atoms with Gasteiger partial charge in [-0.1, -0.05) is 51.9 Å². The summed E-state index contributed by atoms with van der Waals surface area (Å²) in [7, 11) is 0. The molecule has 1 saturated carbocycles. The average Bonchev–Trinajstić information content (AvgIpc) is 3.16. The van der Waals surface area contributed by atoms with Gasteiger partial charge in [0.25, 0.3) is 0 Å². The molecule has 1 aliphatic carbocycles. The molecule has 1 unspecified atom stereocenters. The topological polar surface area (TPSA) is 9.23 Å². The van der Waals surface area contributed by atoms with Crippen molar-refractivity contribution in [3.63, 3.8) is 0 Å². The predicted octanol–water partition coefficient (Wildman–Crippen LogP) is 6.12. The van der Waals surface area contributed by atoms with Crippen molar-refractivity contribution in [2.45, 2.75) is 30.7 Å². The van der Waals surface area contributed by atoms with Crippen LogP contribution < -0.4 is 0 Å². The number of hydrogen-bond donors (Lipinski definition) is 0. The van der Waals surface area contributed by atoms with Crippen LogP contribution >= 0.6 is 51.1 Å². The van der Waals surface area contributed by atoms with Crippen molar-refractivity contribution in [2.75, 3.05) is 6.61 Å². The molecule has 25 heavy (non-hydrogen) atoms. The molecule has 0 amide bonds. The summed E-state index contributed by atoms with van der Waals surface area (Å²) in [6.45, 7) is 1.42. The molecule has 1 aromatic carbocycles. The van der Waals surface area contributed by atoms with Gasteiger partial charge in [-0.3, -0.25) is 11.3 Å². The van der Waals surface area contributed by atoms with Crippen LogP contribution in [0.25, 0.3) is 0 Å². The van der Waals surface area contributed by atoms with Gasteiger partial charge in [-0.25, -0.2) is 0 Å². The van der Waals surface area contributed by atoms with Crippen LogP contribution in [0.3, 0.4) is 0 Å². The minimum Gasteiger partial charge on any atom is -0.389 e. The maximum Gasteiger partial charge on any atom is 0.0501 e. The molecule has 1 nitrogen and oxygen atoms in total. The van der Waals surface area contributed by atoms with E-state index in [2.05, 4.69) is 39.5 Å². The van der Waals surface area contributed by atoms with E-state index in [9.17, 15) is 0 Å². The van der Waals surface area contributed by atoms with Gasteiger partial charge < -0.3 is 4.74 Å². The third-order valence-electron chi connectivity index (χ3n) is 4.53. The van der Waals surface area contributed by atoms with E-state index in [4.69, 9.17) is 28.6 Å². The van der Waals surface area contributed by atoms with Gasteiger partial charge >= 0.3 is 0 Å². The van der Waals surface area contributed by atoms with Crippen LogP contribution in [0.15, 0.2) is 36.4 Å². The molecule has 131 valence electrons. The molecule has 0 saturated heterocycles. The van der Waals surface area contributed by atoms with Gasteiger partial charge in [-0.05, 0) is 47.7 Å². The molecule has 1 radical (unpaired) electrons. The van der Waals surface area contributed by atoms with E-state index in [1.54, 1.807) is 11.3 Å². The summed E-state index contributed by atoms with van der Waals surface area (Å²) in [6.07, 6.45) is 3.07. The fourth-order valence-electron chi connectivity index (χ4n) is 3.20. The third-order valence-corrected chi connectivity index (χ3v) is 7.02.